The summed E-state index contributed by atoms with van der Waals surface area (Å²) in [5.41, 5.74) is 0.255. The van der Waals surface area contributed by atoms with Crippen molar-refractivity contribution in [1.29, 1.82) is 0 Å². The molecular weight excluding hydrogens is 250 g/mol. The Labute approximate surface area is 111 Å². The molecule has 0 fully saturated rings. The van der Waals surface area contributed by atoms with E-state index in [0.717, 1.165) is 18.5 Å². The predicted octanol–water partition coefficient (Wildman–Crippen LogP) is 2.60. The number of nitrogens with zero attached hydrogens (tertiary/aromatic N) is 3. The van der Waals surface area contributed by atoms with Gasteiger partial charge in [0.05, 0.1) is 11.9 Å². The van der Waals surface area contributed by atoms with Crippen LogP contribution in [0.4, 0.5) is 0 Å². The van der Waals surface area contributed by atoms with Gasteiger partial charge in [-0.15, -0.1) is 5.10 Å². The van der Waals surface area contributed by atoms with Crippen molar-refractivity contribution < 1.29 is 5.11 Å². The summed E-state index contributed by atoms with van der Waals surface area (Å²) in [6.07, 6.45) is 2.53. The lowest BCUT2D eigenvalue weighted by Crippen LogP contribution is -2.27. The summed E-state index contributed by atoms with van der Waals surface area (Å²) in [6, 6.07) is 7.20. The number of aryl methyl sites for hydroxylation is 1. The molecule has 0 spiro atoms. The van der Waals surface area contributed by atoms with Gasteiger partial charge < -0.3 is 5.11 Å². The molecule has 0 amide bonds. The van der Waals surface area contributed by atoms with Crippen LogP contribution in [-0.2, 0) is 12.1 Å². The van der Waals surface area contributed by atoms with E-state index in [1.165, 1.54) is 0 Å². The van der Waals surface area contributed by atoms with E-state index in [2.05, 4.69) is 17.2 Å². The van der Waals surface area contributed by atoms with Crippen molar-refractivity contribution in [2.75, 3.05) is 0 Å². The van der Waals surface area contributed by atoms with Crippen LogP contribution in [0.5, 0.6) is 0 Å². The molecule has 1 N–H and O–H groups in total. The highest BCUT2D eigenvalue weighted by Gasteiger charge is 2.30. The first-order chi connectivity index (χ1) is 8.55. The monoisotopic (exact) mass is 265 g/mol. The number of benzene rings is 1. The highest BCUT2D eigenvalue weighted by Crippen LogP contribution is 2.29. The topological polar surface area (TPSA) is 50.9 Å². The standard InChI is InChI=1S/C13H16ClN3O/c1-3-7-17-12(9-15-16-17)13(2,18)10-5-4-6-11(14)8-10/h4-6,8-9,18H,3,7H2,1-2H3. The van der Waals surface area contributed by atoms with Gasteiger partial charge in [0, 0.05) is 11.6 Å². The van der Waals surface area contributed by atoms with Crippen LogP contribution in [0.1, 0.15) is 31.5 Å². The molecule has 2 aromatic rings. The predicted molar refractivity (Wildman–Crippen MR) is 70.4 cm³/mol. The van der Waals surface area contributed by atoms with E-state index < -0.39 is 5.60 Å². The minimum atomic E-state index is -1.15. The first-order valence-corrected chi connectivity index (χ1v) is 6.31. The summed E-state index contributed by atoms with van der Waals surface area (Å²) >= 11 is 5.96. The van der Waals surface area contributed by atoms with Crippen molar-refractivity contribution >= 4 is 11.6 Å². The van der Waals surface area contributed by atoms with E-state index in [9.17, 15) is 5.11 Å². The van der Waals surface area contributed by atoms with Crippen LogP contribution in [0.2, 0.25) is 5.02 Å². The Morgan fingerprint density at radius 2 is 2.22 bits per heavy atom. The van der Waals surface area contributed by atoms with Crippen molar-refractivity contribution in [3.05, 3.63) is 46.7 Å². The zero-order valence-corrected chi connectivity index (χ0v) is 11.2. The second-order valence-electron chi connectivity index (χ2n) is 4.42. The molecule has 1 atom stereocenters. The highest BCUT2D eigenvalue weighted by atomic mass is 35.5. The van der Waals surface area contributed by atoms with Crippen molar-refractivity contribution in [1.82, 2.24) is 15.0 Å². The fourth-order valence-corrected chi connectivity index (χ4v) is 2.14. The van der Waals surface area contributed by atoms with Gasteiger partial charge in [-0.25, -0.2) is 4.68 Å². The molecule has 1 heterocycles. The summed E-state index contributed by atoms with van der Waals surface area (Å²) in [5, 5.41) is 19.2. The van der Waals surface area contributed by atoms with Gasteiger partial charge in [-0.05, 0) is 31.0 Å². The molecule has 5 heteroatoms. The Morgan fingerprint density at radius 1 is 1.44 bits per heavy atom. The second-order valence-corrected chi connectivity index (χ2v) is 4.86. The number of hydrogen-bond donors (Lipinski definition) is 1. The van der Waals surface area contributed by atoms with Crippen molar-refractivity contribution in [3.8, 4) is 0 Å². The molecule has 1 unspecified atom stereocenters. The summed E-state index contributed by atoms with van der Waals surface area (Å²) in [7, 11) is 0. The number of halogens is 1. The average molecular weight is 266 g/mol. The third-order valence-electron chi connectivity index (χ3n) is 2.94. The molecular formula is C13H16ClN3O. The van der Waals surface area contributed by atoms with E-state index in [0.29, 0.717) is 10.7 Å². The maximum atomic E-state index is 10.7. The van der Waals surface area contributed by atoms with Gasteiger partial charge in [0.25, 0.3) is 0 Å². The Kier molecular flexibility index (Phi) is 3.68. The van der Waals surface area contributed by atoms with Crippen LogP contribution < -0.4 is 0 Å². The third kappa shape index (κ3) is 2.40. The van der Waals surface area contributed by atoms with Gasteiger partial charge in [-0.3, -0.25) is 0 Å². The van der Waals surface area contributed by atoms with Crippen LogP contribution in [0, 0.1) is 0 Å². The first kappa shape index (κ1) is 13.1. The average Bonchev–Trinajstić information content (AvgIpc) is 2.78. The molecule has 18 heavy (non-hydrogen) atoms. The van der Waals surface area contributed by atoms with E-state index in [-0.39, 0.29) is 0 Å². The molecule has 0 saturated heterocycles. The molecule has 0 aliphatic rings. The SMILES string of the molecule is CCCn1nncc1C(C)(O)c1cccc(Cl)c1. The Balaban J connectivity index is 2.44. The third-order valence-corrected chi connectivity index (χ3v) is 3.17. The lowest BCUT2D eigenvalue weighted by Gasteiger charge is -2.24. The molecule has 0 aliphatic heterocycles. The van der Waals surface area contributed by atoms with Gasteiger partial charge in [0.2, 0.25) is 0 Å². The normalized spacial score (nSPS) is 14.4. The molecule has 0 aliphatic carbocycles. The van der Waals surface area contributed by atoms with Crippen molar-refractivity contribution in [2.24, 2.45) is 0 Å². The Hall–Kier alpha value is -1.39. The zero-order valence-electron chi connectivity index (χ0n) is 10.5. The molecule has 1 aromatic heterocycles. The van der Waals surface area contributed by atoms with E-state index in [1.54, 1.807) is 29.9 Å². The summed E-state index contributed by atoms with van der Waals surface area (Å²) in [4.78, 5) is 0. The summed E-state index contributed by atoms with van der Waals surface area (Å²) < 4.78 is 1.72. The van der Waals surface area contributed by atoms with Gasteiger partial charge in [0.1, 0.15) is 5.60 Å². The molecule has 4 nitrogen and oxygen atoms in total. The fourth-order valence-electron chi connectivity index (χ4n) is 1.95. The van der Waals surface area contributed by atoms with Gasteiger partial charge in [0.15, 0.2) is 0 Å². The number of aromatic nitrogens is 3. The summed E-state index contributed by atoms with van der Waals surface area (Å²) in [6.45, 7) is 4.51. The molecule has 0 bridgehead atoms. The first-order valence-electron chi connectivity index (χ1n) is 5.93. The maximum absolute atomic E-state index is 10.7. The van der Waals surface area contributed by atoms with Crippen LogP contribution in [0.3, 0.4) is 0 Å². The summed E-state index contributed by atoms with van der Waals surface area (Å²) in [5.74, 6) is 0. The molecule has 0 saturated carbocycles. The lowest BCUT2D eigenvalue weighted by atomic mass is 9.93. The number of aliphatic hydroxyl groups is 1. The highest BCUT2D eigenvalue weighted by molar-refractivity contribution is 6.30. The Morgan fingerprint density at radius 3 is 2.89 bits per heavy atom. The smallest absolute Gasteiger partial charge is 0.130 e. The molecule has 2 rings (SSSR count). The minimum absolute atomic E-state index is 0.599. The van der Waals surface area contributed by atoms with Crippen molar-refractivity contribution in [2.45, 2.75) is 32.4 Å². The molecule has 1 aromatic carbocycles. The van der Waals surface area contributed by atoms with Gasteiger partial charge in [-0.1, -0.05) is 35.9 Å². The quantitative estimate of drug-likeness (QED) is 0.924. The fraction of sp³-hybridized carbons (Fsp3) is 0.385. The van der Waals surface area contributed by atoms with Gasteiger partial charge in [-0.2, -0.15) is 0 Å². The lowest BCUT2D eigenvalue weighted by molar-refractivity contribution is 0.0914. The minimum Gasteiger partial charge on any atom is -0.379 e. The van der Waals surface area contributed by atoms with Crippen LogP contribution in [0.25, 0.3) is 0 Å². The van der Waals surface area contributed by atoms with Crippen LogP contribution in [-0.4, -0.2) is 20.1 Å². The van der Waals surface area contributed by atoms with Gasteiger partial charge >= 0.3 is 0 Å². The number of rotatable bonds is 4. The van der Waals surface area contributed by atoms with E-state index >= 15 is 0 Å². The van der Waals surface area contributed by atoms with Crippen LogP contribution >= 0.6 is 11.6 Å². The second kappa shape index (κ2) is 5.08. The van der Waals surface area contributed by atoms with Crippen molar-refractivity contribution in [3.63, 3.8) is 0 Å². The number of hydrogen-bond acceptors (Lipinski definition) is 3. The maximum Gasteiger partial charge on any atom is 0.130 e. The Bertz CT molecular complexity index is 537. The zero-order chi connectivity index (χ0) is 13.2. The van der Waals surface area contributed by atoms with E-state index in [4.69, 9.17) is 11.6 Å². The largest absolute Gasteiger partial charge is 0.379 e. The van der Waals surface area contributed by atoms with Crippen LogP contribution in [0.15, 0.2) is 30.5 Å². The molecule has 96 valence electrons. The van der Waals surface area contributed by atoms with E-state index in [1.807, 2.05) is 12.1 Å². The molecule has 0 radical (unpaired) electrons.